The summed E-state index contributed by atoms with van der Waals surface area (Å²) in [5.41, 5.74) is 12.1. The van der Waals surface area contributed by atoms with E-state index in [4.69, 9.17) is 20.9 Å². The van der Waals surface area contributed by atoms with Gasteiger partial charge in [-0.2, -0.15) is 0 Å². The second kappa shape index (κ2) is 7.15. The number of primary amides is 1. The van der Waals surface area contributed by atoms with Crippen LogP contribution in [0, 0.1) is 0 Å². The Hall–Kier alpha value is -2.53. The minimum absolute atomic E-state index is 0.405. The van der Waals surface area contributed by atoms with Crippen molar-refractivity contribution in [1.29, 1.82) is 0 Å². The summed E-state index contributed by atoms with van der Waals surface area (Å²) in [6.07, 6.45) is 0.405. The van der Waals surface area contributed by atoms with Gasteiger partial charge in [-0.1, -0.05) is 24.3 Å². The molecule has 0 radical (unpaired) electrons. The van der Waals surface area contributed by atoms with Crippen LogP contribution in [0.4, 0.5) is 0 Å². The van der Waals surface area contributed by atoms with Crippen molar-refractivity contribution in [1.82, 2.24) is 0 Å². The maximum absolute atomic E-state index is 11.3. The first-order chi connectivity index (χ1) is 10.9. The first-order valence-corrected chi connectivity index (χ1v) is 7.34. The molecule has 2 aromatic carbocycles. The number of rotatable bonds is 7. The van der Waals surface area contributed by atoms with Crippen LogP contribution < -0.4 is 20.9 Å². The summed E-state index contributed by atoms with van der Waals surface area (Å²) in [5.74, 6) is 1.06. The van der Waals surface area contributed by atoms with Crippen LogP contribution in [0.25, 0.3) is 0 Å². The zero-order valence-electron chi connectivity index (χ0n) is 13.4. The Balaban J connectivity index is 1.93. The van der Waals surface area contributed by atoms with E-state index >= 15 is 0 Å². The molecule has 1 unspecified atom stereocenters. The van der Waals surface area contributed by atoms with Crippen molar-refractivity contribution >= 4 is 5.91 Å². The van der Waals surface area contributed by atoms with Crippen molar-refractivity contribution in [3.8, 4) is 11.5 Å². The Morgan fingerprint density at radius 1 is 1.00 bits per heavy atom. The van der Waals surface area contributed by atoms with Crippen LogP contribution in [-0.2, 0) is 17.8 Å². The molecule has 0 heterocycles. The molecule has 122 valence electrons. The molecule has 23 heavy (non-hydrogen) atoms. The van der Waals surface area contributed by atoms with Crippen LogP contribution in [0.3, 0.4) is 0 Å². The van der Waals surface area contributed by atoms with Crippen LogP contribution in [-0.4, -0.2) is 18.6 Å². The molecule has 0 aromatic heterocycles. The molecule has 0 bridgehead atoms. The molecule has 5 nitrogen and oxygen atoms in total. The fourth-order valence-electron chi connectivity index (χ4n) is 2.10. The summed E-state index contributed by atoms with van der Waals surface area (Å²) in [7, 11) is 1.63. The smallest absolute Gasteiger partial charge is 0.237 e. The summed E-state index contributed by atoms with van der Waals surface area (Å²) >= 11 is 0. The number of benzene rings is 2. The highest BCUT2D eigenvalue weighted by Crippen LogP contribution is 2.18. The fourth-order valence-corrected chi connectivity index (χ4v) is 2.10. The van der Waals surface area contributed by atoms with E-state index in [9.17, 15) is 4.79 Å². The monoisotopic (exact) mass is 314 g/mol. The maximum atomic E-state index is 11.3. The Morgan fingerprint density at radius 2 is 1.52 bits per heavy atom. The van der Waals surface area contributed by atoms with Gasteiger partial charge >= 0.3 is 0 Å². The summed E-state index contributed by atoms with van der Waals surface area (Å²) < 4.78 is 10.8. The van der Waals surface area contributed by atoms with Crippen LogP contribution in [0.2, 0.25) is 0 Å². The number of ether oxygens (including phenoxy) is 2. The van der Waals surface area contributed by atoms with Crippen LogP contribution >= 0.6 is 0 Å². The molecular formula is C18H22N2O3. The average molecular weight is 314 g/mol. The zero-order chi connectivity index (χ0) is 16.9. The van der Waals surface area contributed by atoms with Gasteiger partial charge in [-0.15, -0.1) is 0 Å². The molecule has 0 saturated heterocycles. The molecule has 2 aromatic rings. The van der Waals surface area contributed by atoms with Crippen LogP contribution in [0.5, 0.6) is 11.5 Å². The average Bonchev–Trinajstić information content (AvgIpc) is 2.54. The van der Waals surface area contributed by atoms with Crippen molar-refractivity contribution in [2.45, 2.75) is 25.5 Å². The molecule has 5 heteroatoms. The van der Waals surface area contributed by atoms with E-state index in [1.54, 1.807) is 14.0 Å². The van der Waals surface area contributed by atoms with Crippen molar-refractivity contribution < 1.29 is 14.3 Å². The molecule has 4 N–H and O–H groups in total. The number of carbonyl (C=O) groups excluding carboxylic acids is 1. The molecule has 0 saturated carbocycles. The third kappa shape index (κ3) is 4.72. The Labute approximate surface area is 136 Å². The molecule has 0 aliphatic carbocycles. The Morgan fingerprint density at radius 3 is 2.04 bits per heavy atom. The van der Waals surface area contributed by atoms with Gasteiger partial charge in [0.05, 0.1) is 12.6 Å². The third-order valence-electron chi connectivity index (χ3n) is 3.62. The topological polar surface area (TPSA) is 87.6 Å². The highest BCUT2D eigenvalue weighted by atomic mass is 16.5. The lowest BCUT2D eigenvalue weighted by Crippen LogP contribution is -2.51. The number of hydrogen-bond donors (Lipinski definition) is 2. The molecule has 1 amide bonds. The van der Waals surface area contributed by atoms with E-state index in [2.05, 4.69) is 0 Å². The Kier molecular flexibility index (Phi) is 5.24. The van der Waals surface area contributed by atoms with Gasteiger partial charge in [0.15, 0.2) is 0 Å². The lowest BCUT2D eigenvalue weighted by molar-refractivity contribution is -0.122. The van der Waals surface area contributed by atoms with Gasteiger partial charge in [0, 0.05) is 0 Å². The maximum Gasteiger partial charge on any atom is 0.237 e. The van der Waals surface area contributed by atoms with Crippen molar-refractivity contribution in [3.63, 3.8) is 0 Å². The molecule has 0 fully saturated rings. The van der Waals surface area contributed by atoms with E-state index in [0.717, 1.165) is 22.6 Å². The van der Waals surface area contributed by atoms with Crippen molar-refractivity contribution in [3.05, 3.63) is 59.7 Å². The lowest BCUT2D eigenvalue weighted by atomic mass is 9.93. The number of methoxy groups -OCH3 is 1. The minimum atomic E-state index is -1.04. The van der Waals surface area contributed by atoms with Gasteiger partial charge in [-0.25, -0.2) is 0 Å². The first-order valence-electron chi connectivity index (χ1n) is 7.34. The predicted octanol–water partition coefficient (Wildman–Crippen LogP) is 2.02. The normalized spacial score (nSPS) is 13.2. The second-order valence-electron chi connectivity index (χ2n) is 5.74. The third-order valence-corrected chi connectivity index (χ3v) is 3.62. The van der Waals surface area contributed by atoms with Crippen LogP contribution in [0.15, 0.2) is 48.5 Å². The van der Waals surface area contributed by atoms with E-state index in [1.165, 1.54) is 0 Å². The van der Waals surface area contributed by atoms with Gasteiger partial charge < -0.3 is 20.9 Å². The second-order valence-corrected chi connectivity index (χ2v) is 5.74. The molecule has 1 atom stereocenters. The van der Waals surface area contributed by atoms with Crippen molar-refractivity contribution in [2.24, 2.45) is 11.5 Å². The standard InChI is InChI=1S/C18H22N2O3/c1-18(20,17(19)21)11-13-3-5-14(6-4-13)12-23-16-9-7-15(22-2)8-10-16/h3-10H,11-12,20H2,1-2H3,(H2,19,21). The van der Waals surface area contributed by atoms with Gasteiger partial charge in [0.25, 0.3) is 0 Å². The van der Waals surface area contributed by atoms with E-state index in [-0.39, 0.29) is 0 Å². The van der Waals surface area contributed by atoms with E-state index < -0.39 is 11.4 Å². The highest BCUT2D eigenvalue weighted by molar-refractivity contribution is 5.84. The highest BCUT2D eigenvalue weighted by Gasteiger charge is 2.25. The lowest BCUT2D eigenvalue weighted by Gasteiger charge is -2.20. The van der Waals surface area contributed by atoms with Gasteiger partial charge in [-0.3, -0.25) is 4.79 Å². The minimum Gasteiger partial charge on any atom is -0.497 e. The molecule has 0 aliphatic rings. The quantitative estimate of drug-likeness (QED) is 0.818. The van der Waals surface area contributed by atoms with Gasteiger partial charge in [0.1, 0.15) is 18.1 Å². The number of hydrogen-bond acceptors (Lipinski definition) is 4. The summed E-state index contributed by atoms with van der Waals surface area (Å²) in [6.45, 7) is 2.10. The number of amides is 1. The summed E-state index contributed by atoms with van der Waals surface area (Å²) in [5, 5.41) is 0. The van der Waals surface area contributed by atoms with Gasteiger partial charge in [-0.05, 0) is 48.7 Å². The molecule has 2 rings (SSSR count). The summed E-state index contributed by atoms with van der Waals surface area (Å²) in [6, 6.07) is 15.2. The fraction of sp³-hybridized carbons (Fsp3) is 0.278. The first kappa shape index (κ1) is 16.8. The Bertz CT molecular complexity index is 649. The molecule has 0 aliphatic heterocycles. The van der Waals surface area contributed by atoms with E-state index in [0.29, 0.717) is 13.0 Å². The number of nitrogens with two attached hydrogens (primary N) is 2. The number of carbonyl (C=O) groups is 1. The predicted molar refractivity (Wildman–Crippen MR) is 89.3 cm³/mol. The largest absolute Gasteiger partial charge is 0.497 e. The SMILES string of the molecule is COc1ccc(OCc2ccc(CC(C)(N)C(N)=O)cc2)cc1. The van der Waals surface area contributed by atoms with Crippen LogP contribution in [0.1, 0.15) is 18.1 Å². The molecule has 0 spiro atoms. The van der Waals surface area contributed by atoms with E-state index in [1.807, 2.05) is 48.5 Å². The summed E-state index contributed by atoms with van der Waals surface area (Å²) in [4.78, 5) is 11.3. The van der Waals surface area contributed by atoms with Crippen molar-refractivity contribution in [2.75, 3.05) is 7.11 Å². The molecular weight excluding hydrogens is 292 g/mol. The van der Waals surface area contributed by atoms with Gasteiger partial charge in [0.2, 0.25) is 5.91 Å². The zero-order valence-corrected chi connectivity index (χ0v) is 13.4.